The maximum atomic E-state index is 12.2. The van der Waals surface area contributed by atoms with Crippen LogP contribution in [-0.2, 0) is 9.59 Å². The van der Waals surface area contributed by atoms with Gasteiger partial charge < -0.3 is 10.6 Å². The number of thiocarbonyl (C=S) groups is 2. The second-order valence-corrected chi connectivity index (χ2v) is 10.3. The third-order valence-electron chi connectivity index (χ3n) is 7.55. The molecule has 0 radical (unpaired) electrons. The Bertz CT molecular complexity index is 625. The molecule has 0 aromatic rings. The summed E-state index contributed by atoms with van der Waals surface area (Å²) in [5.41, 5.74) is 0. The largest absolute Gasteiger partial charge is 0.353 e. The molecule has 2 heterocycles. The van der Waals surface area contributed by atoms with E-state index < -0.39 is 0 Å². The number of hydrogen-bond acceptors (Lipinski definition) is 4. The molecule has 160 valence electrons. The van der Waals surface area contributed by atoms with Crippen LogP contribution in [0, 0.1) is 23.7 Å². The van der Waals surface area contributed by atoms with Crippen LogP contribution in [0.3, 0.4) is 0 Å². The van der Waals surface area contributed by atoms with Crippen LogP contribution in [0.25, 0.3) is 0 Å². The molecule has 4 rings (SSSR count). The summed E-state index contributed by atoms with van der Waals surface area (Å²) in [5.74, 6) is 2.67. The van der Waals surface area contributed by atoms with Crippen molar-refractivity contribution in [2.75, 3.05) is 13.1 Å². The molecule has 2 aliphatic carbocycles. The minimum atomic E-state index is 0.126. The standard InChI is InChI=1S/C21H32N4O2S2/c1-12-7-14(3-5-16(12)24-18(26)10-22-20(24)28)9-15-4-6-17(13(2)8-15)25-19(27)11-23-21(25)29/h12-17H,3-11H2,1-2H3,(H,22,28)(H,23,29). The van der Waals surface area contributed by atoms with Gasteiger partial charge in [0.15, 0.2) is 10.2 Å². The lowest BCUT2D eigenvalue weighted by Crippen LogP contribution is -2.47. The van der Waals surface area contributed by atoms with Crippen LogP contribution in [0.4, 0.5) is 0 Å². The second-order valence-electron chi connectivity index (χ2n) is 9.53. The fourth-order valence-electron chi connectivity index (χ4n) is 6.19. The smallest absolute Gasteiger partial charge is 0.248 e. The summed E-state index contributed by atoms with van der Waals surface area (Å²) in [4.78, 5) is 28.1. The van der Waals surface area contributed by atoms with E-state index in [9.17, 15) is 9.59 Å². The van der Waals surface area contributed by atoms with Crippen LogP contribution in [-0.4, -0.2) is 57.0 Å². The van der Waals surface area contributed by atoms with Crippen LogP contribution >= 0.6 is 24.4 Å². The number of amides is 2. The van der Waals surface area contributed by atoms with Gasteiger partial charge in [-0.2, -0.15) is 0 Å². The summed E-state index contributed by atoms with van der Waals surface area (Å²) in [6.45, 7) is 5.26. The minimum Gasteiger partial charge on any atom is -0.353 e. The van der Waals surface area contributed by atoms with Crippen molar-refractivity contribution in [1.82, 2.24) is 20.4 Å². The van der Waals surface area contributed by atoms with Crippen molar-refractivity contribution >= 4 is 46.5 Å². The van der Waals surface area contributed by atoms with Gasteiger partial charge >= 0.3 is 0 Å². The predicted molar refractivity (Wildman–Crippen MR) is 120 cm³/mol. The van der Waals surface area contributed by atoms with Crippen molar-refractivity contribution in [2.45, 2.75) is 70.9 Å². The number of nitrogens with one attached hydrogen (secondary N) is 2. The normalized spacial score (nSPS) is 38.4. The number of carbonyl (C=O) groups is 2. The predicted octanol–water partition coefficient (Wildman–Crippen LogP) is 2.42. The van der Waals surface area contributed by atoms with Crippen LogP contribution in [0.2, 0.25) is 0 Å². The molecule has 6 nitrogen and oxygen atoms in total. The number of hydrogen-bond donors (Lipinski definition) is 2. The summed E-state index contributed by atoms with van der Waals surface area (Å²) in [5, 5.41) is 7.26. The monoisotopic (exact) mass is 436 g/mol. The summed E-state index contributed by atoms with van der Waals surface area (Å²) in [6.07, 6.45) is 8.05. The van der Waals surface area contributed by atoms with Crippen molar-refractivity contribution in [2.24, 2.45) is 23.7 Å². The molecule has 6 unspecified atom stereocenters. The molecule has 6 atom stereocenters. The van der Waals surface area contributed by atoms with Gasteiger partial charge in [0.1, 0.15) is 0 Å². The Morgan fingerprint density at radius 3 is 1.52 bits per heavy atom. The van der Waals surface area contributed by atoms with E-state index in [2.05, 4.69) is 24.5 Å². The molecular formula is C21H32N4O2S2. The number of rotatable bonds is 4. The highest BCUT2D eigenvalue weighted by Crippen LogP contribution is 2.41. The zero-order chi connectivity index (χ0) is 20.7. The van der Waals surface area contributed by atoms with E-state index in [1.54, 1.807) is 0 Å². The molecule has 2 saturated heterocycles. The summed E-state index contributed by atoms with van der Waals surface area (Å²) in [6, 6.07) is 0.510. The van der Waals surface area contributed by atoms with Gasteiger partial charge in [-0.25, -0.2) is 0 Å². The van der Waals surface area contributed by atoms with Crippen molar-refractivity contribution in [3.8, 4) is 0 Å². The first-order chi connectivity index (χ1) is 13.8. The zero-order valence-electron chi connectivity index (χ0n) is 17.4. The van der Waals surface area contributed by atoms with Gasteiger partial charge in [-0.15, -0.1) is 0 Å². The average molecular weight is 437 g/mol. The Labute approximate surface area is 184 Å². The molecule has 2 aliphatic heterocycles. The molecule has 2 saturated carbocycles. The first kappa shape index (κ1) is 21.0. The second kappa shape index (κ2) is 8.46. The third-order valence-corrected chi connectivity index (χ3v) is 8.23. The van der Waals surface area contributed by atoms with Gasteiger partial charge in [-0.3, -0.25) is 19.4 Å². The highest BCUT2D eigenvalue weighted by Gasteiger charge is 2.41. The number of carbonyl (C=O) groups excluding carboxylic acids is 2. The van der Waals surface area contributed by atoms with Gasteiger partial charge in [0.05, 0.1) is 13.1 Å². The first-order valence-corrected chi connectivity index (χ1v) is 11.9. The maximum absolute atomic E-state index is 12.2. The van der Waals surface area contributed by atoms with Crippen molar-refractivity contribution in [1.29, 1.82) is 0 Å². The number of nitrogens with zero attached hydrogens (tertiary/aromatic N) is 2. The molecule has 8 heteroatoms. The Kier molecular flexibility index (Phi) is 6.11. The molecule has 0 bridgehead atoms. The first-order valence-electron chi connectivity index (χ1n) is 11.0. The highest BCUT2D eigenvalue weighted by molar-refractivity contribution is 7.80. The third kappa shape index (κ3) is 4.15. The van der Waals surface area contributed by atoms with E-state index in [4.69, 9.17) is 24.4 Å². The lowest BCUT2D eigenvalue weighted by atomic mass is 9.70. The fourth-order valence-corrected chi connectivity index (χ4v) is 6.81. The molecule has 4 aliphatic rings. The van der Waals surface area contributed by atoms with Gasteiger partial charge in [-0.1, -0.05) is 13.8 Å². The average Bonchev–Trinajstić information content (AvgIpc) is 3.18. The molecule has 0 aromatic carbocycles. The molecule has 29 heavy (non-hydrogen) atoms. The lowest BCUT2D eigenvalue weighted by Gasteiger charge is -2.42. The van der Waals surface area contributed by atoms with Crippen LogP contribution in [0.5, 0.6) is 0 Å². The quantitative estimate of drug-likeness (QED) is 0.660. The topological polar surface area (TPSA) is 64.7 Å². The molecular weight excluding hydrogens is 404 g/mol. The fraction of sp³-hybridized carbons (Fsp3) is 0.810. The Hall–Kier alpha value is -1.28. The molecule has 2 amide bonds. The van der Waals surface area contributed by atoms with Gasteiger partial charge in [-0.05, 0) is 93.1 Å². The van der Waals surface area contributed by atoms with Gasteiger partial charge in [0.2, 0.25) is 11.8 Å². The van der Waals surface area contributed by atoms with Crippen LogP contribution in [0.15, 0.2) is 0 Å². The minimum absolute atomic E-state index is 0.126. The van der Waals surface area contributed by atoms with Crippen molar-refractivity contribution in [3.05, 3.63) is 0 Å². The molecule has 0 aromatic heterocycles. The van der Waals surface area contributed by atoms with E-state index in [0.717, 1.165) is 24.7 Å². The van der Waals surface area contributed by atoms with Crippen LogP contribution < -0.4 is 10.6 Å². The van der Waals surface area contributed by atoms with E-state index >= 15 is 0 Å². The maximum Gasteiger partial charge on any atom is 0.248 e. The zero-order valence-corrected chi connectivity index (χ0v) is 19.0. The van der Waals surface area contributed by atoms with E-state index in [-0.39, 0.29) is 23.9 Å². The lowest BCUT2D eigenvalue weighted by molar-refractivity contribution is -0.128. The Morgan fingerprint density at radius 1 is 0.793 bits per heavy atom. The van der Waals surface area contributed by atoms with Crippen molar-refractivity contribution < 1.29 is 9.59 Å². The van der Waals surface area contributed by atoms with Gasteiger partial charge in [0.25, 0.3) is 0 Å². The highest BCUT2D eigenvalue weighted by atomic mass is 32.1. The Balaban J connectivity index is 1.29. The molecule has 4 fully saturated rings. The van der Waals surface area contributed by atoms with E-state index in [1.807, 2.05) is 9.80 Å². The summed E-state index contributed by atoms with van der Waals surface area (Å²) in [7, 11) is 0. The van der Waals surface area contributed by atoms with Crippen molar-refractivity contribution in [3.63, 3.8) is 0 Å². The molecule has 0 spiro atoms. The summed E-state index contributed by atoms with van der Waals surface area (Å²) >= 11 is 10.7. The SMILES string of the molecule is CC1CC(CC2CCC(N3C(=O)CNC3=S)C(C)C2)CCC1N1C(=O)CNC1=S. The van der Waals surface area contributed by atoms with E-state index in [1.165, 1.54) is 32.1 Å². The molecule has 2 N–H and O–H groups in total. The summed E-state index contributed by atoms with van der Waals surface area (Å²) < 4.78 is 0. The Morgan fingerprint density at radius 2 is 1.21 bits per heavy atom. The van der Waals surface area contributed by atoms with E-state index in [0.29, 0.717) is 35.2 Å². The van der Waals surface area contributed by atoms with Gasteiger partial charge in [0, 0.05) is 12.1 Å². The van der Waals surface area contributed by atoms with Crippen LogP contribution in [0.1, 0.15) is 58.8 Å².